The molecule has 3 amide bonds. The third-order valence-corrected chi connectivity index (χ3v) is 5.81. The molecule has 4 rings (SSSR count). The monoisotopic (exact) mass is 471 g/mol. The lowest BCUT2D eigenvalue weighted by Gasteiger charge is -2.34. The van der Waals surface area contributed by atoms with Crippen molar-refractivity contribution in [3.8, 4) is 0 Å². The maximum absolute atomic E-state index is 12.9. The summed E-state index contributed by atoms with van der Waals surface area (Å²) in [7, 11) is 0. The third-order valence-electron chi connectivity index (χ3n) is 5.32. The highest BCUT2D eigenvalue weighted by Crippen LogP contribution is 2.23. The molecule has 2 aromatic carbocycles. The Morgan fingerprint density at radius 2 is 1.97 bits per heavy atom. The summed E-state index contributed by atoms with van der Waals surface area (Å²) >= 11 is 3.35. The van der Waals surface area contributed by atoms with Gasteiger partial charge in [-0.05, 0) is 30.2 Å². The molecule has 30 heavy (non-hydrogen) atoms. The topological polar surface area (TPSA) is 87.7 Å². The van der Waals surface area contributed by atoms with Crippen molar-refractivity contribution in [3.05, 3.63) is 70.2 Å². The molecule has 0 saturated carbocycles. The summed E-state index contributed by atoms with van der Waals surface area (Å²) in [6.45, 7) is 0.791. The van der Waals surface area contributed by atoms with Gasteiger partial charge in [0.25, 0.3) is 5.91 Å². The number of carbonyl (C=O) groups is 3. The molecule has 156 valence electrons. The molecule has 0 radical (unpaired) electrons. The van der Waals surface area contributed by atoms with E-state index in [1.807, 2.05) is 36.4 Å². The second-order valence-corrected chi connectivity index (χ2v) is 8.40. The molecule has 2 aliphatic heterocycles. The van der Waals surface area contributed by atoms with E-state index < -0.39 is 12.1 Å². The number of hydrogen-bond acceptors (Lipinski definition) is 4. The zero-order valence-corrected chi connectivity index (χ0v) is 17.8. The fourth-order valence-electron chi connectivity index (χ4n) is 3.84. The summed E-state index contributed by atoms with van der Waals surface area (Å²) in [6, 6.07) is 15.2. The quantitative estimate of drug-likeness (QED) is 0.672. The maximum Gasteiger partial charge on any atom is 0.251 e. The number of hydrogen-bond donors (Lipinski definition) is 2. The van der Waals surface area contributed by atoms with E-state index in [0.717, 1.165) is 10.0 Å². The molecule has 2 N–H and O–H groups in total. The number of piperazine rings is 1. The molecule has 2 saturated heterocycles. The molecule has 0 bridgehead atoms. The van der Waals surface area contributed by atoms with Crippen LogP contribution in [0.15, 0.2) is 59.1 Å². The van der Waals surface area contributed by atoms with E-state index >= 15 is 0 Å². The number of nitrogens with zero attached hydrogens (tertiary/aromatic N) is 1. The number of fused-ring (bicyclic) bond motifs is 1. The van der Waals surface area contributed by atoms with Crippen molar-refractivity contribution < 1.29 is 19.1 Å². The van der Waals surface area contributed by atoms with Crippen LogP contribution in [0, 0.1) is 0 Å². The number of carbonyl (C=O) groups excluding carboxylic acids is 3. The highest BCUT2D eigenvalue weighted by atomic mass is 79.9. The van der Waals surface area contributed by atoms with Crippen LogP contribution >= 0.6 is 15.9 Å². The summed E-state index contributed by atoms with van der Waals surface area (Å²) in [6.07, 6.45) is 0.398. The number of amides is 3. The Kier molecular flexibility index (Phi) is 6.15. The molecule has 2 aromatic rings. The SMILES string of the molecule is O=C(N[C@H]1C[C@H]2C(=O)N[C@@H](COCc3ccccc3)C(=O)N2C1)c1cccc(Br)c1. The van der Waals surface area contributed by atoms with E-state index in [-0.39, 0.29) is 30.4 Å². The Balaban J connectivity index is 1.34. The van der Waals surface area contributed by atoms with Crippen LogP contribution in [0.1, 0.15) is 22.3 Å². The molecule has 3 atom stereocenters. The lowest BCUT2D eigenvalue weighted by molar-refractivity contribution is -0.148. The Morgan fingerprint density at radius 3 is 2.73 bits per heavy atom. The minimum atomic E-state index is -0.711. The minimum Gasteiger partial charge on any atom is -0.374 e. The molecule has 0 spiro atoms. The largest absolute Gasteiger partial charge is 0.374 e. The average Bonchev–Trinajstić information content (AvgIpc) is 3.17. The smallest absolute Gasteiger partial charge is 0.251 e. The number of ether oxygens (including phenoxy) is 1. The number of rotatable bonds is 6. The average molecular weight is 472 g/mol. The molecular formula is C22H22BrN3O4. The van der Waals surface area contributed by atoms with Crippen molar-refractivity contribution in [2.45, 2.75) is 31.2 Å². The first kappa shape index (κ1) is 20.6. The minimum absolute atomic E-state index is 0.109. The van der Waals surface area contributed by atoms with E-state index in [0.29, 0.717) is 25.1 Å². The second kappa shape index (κ2) is 8.97. The number of halogens is 1. The van der Waals surface area contributed by atoms with Gasteiger partial charge in [0.15, 0.2) is 0 Å². The van der Waals surface area contributed by atoms with Gasteiger partial charge in [0.2, 0.25) is 11.8 Å². The molecule has 2 fully saturated rings. The summed E-state index contributed by atoms with van der Waals surface area (Å²) in [5.74, 6) is -0.606. The molecule has 2 aliphatic rings. The van der Waals surface area contributed by atoms with E-state index in [1.165, 1.54) is 0 Å². The van der Waals surface area contributed by atoms with E-state index in [2.05, 4.69) is 26.6 Å². The number of benzene rings is 2. The van der Waals surface area contributed by atoms with Gasteiger partial charge in [-0.25, -0.2) is 0 Å². The van der Waals surface area contributed by atoms with E-state index in [1.54, 1.807) is 23.1 Å². The Bertz CT molecular complexity index is 952. The summed E-state index contributed by atoms with van der Waals surface area (Å²) < 4.78 is 6.46. The van der Waals surface area contributed by atoms with Gasteiger partial charge in [-0.15, -0.1) is 0 Å². The normalized spacial score (nSPS) is 23.1. The van der Waals surface area contributed by atoms with Crippen molar-refractivity contribution >= 4 is 33.7 Å². The first-order valence-electron chi connectivity index (χ1n) is 9.80. The van der Waals surface area contributed by atoms with Crippen LogP contribution in [0.4, 0.5) is 0 Å². The molecule has 0 aliphatic carbocycles. The Morgan fingerprint density at radius 1 is 1.17 bits per heavy atom. The van der Waals surface area contributed by atoms with Crippen molar-refractivity contribution in [1.29, 1.82) is 0 Å². The summed E-state index contributed by atoms with van der Waals surface area (Å²) in [5, 5.41) is 5.70. The van der Waals surface area contributed by atoms with Crippen LogP contribution in [-0.4, -0.2) is 53.9 Å². The Labute approximate surface area is 182 Å². The Hall–Kier alpha value is -2.71. The molecule has 8 heteroatoms. The number of nitrogens with one attached hydrogen (secondary N) is 2. The van der Waals surface area contributed by atoms with Crippen LogP contribution in [0.2, 0.25) is 0 Å². The van der Waals surface area contributed by atoms with Gasteiger partial charge in [0, 0.05) is 22.6 Å². The van der Waals surface area contributed by atoms with Crippen molar-refractivity contribution in [3.63, 3.8) is 0 Å². The molecule has 0 unspecified atom stereocenters. The van der Waals surface area contributed by atoms with Gasteiger partial charge < -0.3 is 20.3 Å². The van der Waals surface area contributed by atoms with Crippen LogP contribution in [-0.2, 0) is 20.9 Å². The standard InChI is InChI=1S/C22H22BrN3O4/c23-16-8-4-7-15(9-16)20(27)24-17-10-19-21(28)25-18(22(29)26(19)11-17)13-30-12-14-5-2-1-3-6-14/h1-9,17-19H,10-13H2,(H,24,27)(H,25,28)/t17-,18-,19-/m0/s1. The van der Waals surface area contributed by atoms with Crippen molar-refractivity contribution in [2.24, 2.45) is 0 Å². The fourth-order valence-corrected chi connectivity index (χ4v) is 4.24. The third kappa shape index (κ3) is 4.55. The highest BCUT2D eigenvalue weighted by Gasteiger charge is 2.46. The van der Waals surface area contributed by atoms with Gasteiger partial charge >= 0.3 is 0 Å². The maximum atomic E-state index is 12.9. The highest BCUT2D eigenvalue weighted by molar-refractivity contribution is 9.10. The van der Waals surface area contributed by atoms with E-state index in [9.17, 15) is 14.4 Å². The van der Waals surface area contributed by atoms with Gasteiger partial charge in [-0.2, -0.15) is 0 Å². The first-order chi connectivity index (χ1) is 14.5. The molecule has 0 aromatic heterocycles. The fraction of sp³-hybridized carbons (Fsp3) is 0.318. The van der Waals surface area contributed by atoms with Crippen LogP contribution in [0.25, 0.3) is 0 Å². The van der Waals surface area contributed by atoms with Crippen LogP contribution in [0.3, 0.4) is 0 Å². The summed E-state index contributed by atoms with van der Waals surface area (Å²) in [4.78, 5) is 39.4. The first-order valence-corrected chi connectivity index (χ1v) is 10.6. The van der Waals surface area contributed by atoms with Gasteiger partial charge in [0.1, 0.15) is 12.1 Å². The van der Waals surface area contributed by atoms with Crippen LogP contribution in [0.5, 0.6) is 0 Å². The van der Waals surface area contributed by atoms with Crippen LogP contribution < -0.4 is 10.6 Å². The lowest BCUT2D eigenvalue weighted by atomic mass is 10.1. The van der Waals surface area contributed by atoms with Gasteiger partial charge in [0.05, 0.1) is 13.2 Å². The van der Waals surface area contributed by atoms with Crippen molar-refractivity contribution in [1.82, 2.24) is 15.5 Å². The zero-order chi connectivity index (χ0) is 21.1. The zero-order valence-electron chi connectivity index (χ0n) is 16.2. The molecular weight excluding hydrogens is 450 g/mol. The predicted molar refractivity (Wildman–Crippen MR) is 114 cm³/mol. The lowest BCUT2D eigenvalue weighted by Crippen LogP contribution is -2.62. The summed E-state index contributed by atoms with van der Waals surface area (Å²) in [5.41, 5.74) is 1.53. The van der Waals surface area contributed by atoms with E-state index in [4.69, 9.17) is 4.74 Å². The van der Waals surface area contributed by atoms with Gasteiger partial charge in [-0.3, -0.25) is 14.4 Å². The molecule has 2 heterocycles. The molecule has 7 nitrogen and oxygen atoms in total. The predicted octanol–water partition coefficient (Wildman–Crippen LogP) is 1.86. The van der Waals surface area contributed by atoms with Crippen molar-refractivity contribution in [2.75, 3.05) is 13.2 Å². The van der Waals surface area contributed by atoms with Gasteiger partial charge in [-0.1, -0.05) is 52.3 Å². The second-order valence-electron chi connectivity index (χ2n) is 7.48.